The Hall–Kier alpha value is -3.10. The van der Waals surface area contributed by atoms with E-state index >= 15 is 0 Å². The van der Waals surface area contributed by atoms with Gasteiger partial charge in [-0.15, -0.1) is 0 Å². The van der Waals surface area contributed by atoms with E-state index in [1.807, 2.05) is 6.92 Å². The van der Waals surface area contributed by atoms with Gasteiger partial charge >= 0.3 is 0 Å². The lowest BCUT2D eigenvalue weighted by Crippen LogP contribution is -2.43. The van der Waals surface area contributed by atoms with E-state index < -0.39 is 18.1 Å². The standard InChI is InChI=1S/C20H21ClN4O4/c1-3-16(18(27)19(28)22-2)29-17-6-4-5-14-12(17)10-23-20(25-14)24-11-7-8-15(26)13(21)9-11/h4-10,16,18,26-27H,3H2,1-2H3,(H,22,28)(H,23,24,25)/t16-,18-/m1/s1. The minimum absolute atomic E-state index is 0.0112. The van der Waals surface area contributed by atoms with Crippen molar-refractivity contribution in [3.8, 4) is 11.5 Å². The third kappa shape index (κ3) is 4.67. The molecule has 29 heavy (non-hydrogen) atoms. The van der Waals surface area contributed by atoms with Crippen molar-refractivity contribution in [1.82, 2.24) is 15.3 Å². The van der Waals surface area contributed by atoms with Gasteiger partial charge in [0.2, 0.25) is 5.95 Å². The number of phenols is 1. The van der Waals surface area contributed by atoms with Crippen molar-refractivity contribution in [3.63, 3.8) is 0 Å². The normalized spacial score (nSPS) is 13.0. The Morgan fingerprint density at radius 3 is 2.79 bits per heavy atom. The van der Waals surface area contributed by atoms with Gasteiger partial charge in [0.15, 0.2) is 6.10 Å². The molecule has 1 amide bonds. The van der Waals surface area contributed by atoms with Crippen LogP contribution in [0.2, 0.25) is 5.02 Å². The van der Waals surface area contributed by atoms with Crippen LogP contribution in [0, 0.1) is 0 Å². The Morgan fingerprint density at radius 2 is 2.10 bits per heavy atom. The molecule has 0 aliphatic rings. The summed E-state index contributed by atoms with van der Waals surface area (Å²) in [4.78, 5) is 20.5. The largest absolute Gasteiger partial charge is 0.506 e. The van der Waals surface area contributed by atoms with E-state index in [9.17, 15) is 15.0 Å². The molecule has 3 aromatic rings. The summed E-state index contributed by atoms with van der Waals surface area (Å²) in [5.74, 6) is 0.292. The number of benzene rings is 2. The Bertz CT molecular complexity index is 1030. The van der Waals surface area contributed by atoms with Crippen LogP contribution in [-0.2, 0) is 4.79 Å². The number of aliphatic hydroxyl groups excluding tert-OH is 1. The number of amides is 1. The van der Waals surface area contributed by atoms with Gasteiger partial charge in [-0.3, -0.25) is 4.79 Å². The Kier molecular flexibility index (Phi) is 6.36. The summed E-state index contributed by atoms with van der Waals surface area (Å²) in [6.45, 7) is 1.82. The number of hydrogen-bond donors (Lipinski definition) is 4. The maximum absolute atomic E-state index is 11.7. The lowest BCUT2D eigenvalue weighted by Gasteiger charge is -2.22. The molecule has 4 N–H and O–H groups in total. The first-order chi connectivity index (χ1) is 13.9. The predicted octanol–water partition coefficient (Wildman–Crippen LogP) is 3.00. The van der Waals surface area contributed by atoms with Crippen molar-refractivity contribution >= 4 is 40.0 Å². The van der Waals surface area contributed by atoms with Crippen LogP contribution in [0.4, 0.5) is 11.6 Å². The molecule has 9 heteroatoms. The maximum atomic E-state index is 11.7. The zero-order valence-corrected chi connectivity index (χ0v) is 16.6. The molecule has 0 unspecified atom stereocenters. The molecule has 2 atom stereocenters. The van der Waals surface area contributed by atoms with Gasteiger partial charge in [0, 0.05) is 18.9 Å². The van der Waals surface area contributed by atoms with Gasteiger partial charge in [-0.2, -0.15) is 0 Å². The number of aromatic nitrogens is 2. The number of likely N-dealkylation sites (N-methyl/N-ethyl adjacent to an activating group) is 1. The van der Waals surface area contributed by atoms with E-state index in [1.165, 1.54) is 13.1 Å². The number of phenolic OH excluding ortho intramolecular Hbond substituents is 1. The number of hydrogen-bond acceptors (Lipinski definition) is 7. The molecular formula is C20H21ClN4O4. The first-order valence-electron chi connectivity index (χ1n) is 9.00. The van der Waals surface area contributed by atoms with Gasteiger partial charge in [-0.05, 0) is 36.8 Å². The minimum atomic E-state index is -1.29. The van der Waals surface area contributed by atoms with Crippen molar-refractivity contribution in [3.05, 3.63) is 47.6 Å². The Balaban J connectivity index is 1.86. The van der Waals surface area contributed by atoms with Crippen molar-refractivity contribution < 1.29 is 19.7 Å². The van der Waals surface area contributed by atoms with Crippen LogP contribution < -0.4 is 15.4 Å². The number of ether oxygens (including phenoxy) is 1. The van der Waals surface area contributed by atoms with Crippen LogP contribution in [0.5, 0.6) is 11.5 Å². The van der Waals surface area contributed by atoms with Crippen LogP contribution >= 0.6 is 11.6 Å². The Morgan fingerprint density at radius 1 is 1.31 bits per heavy atom. The number of aliphatic hydroxyl groups is 1. The number of rotatable bonds is 7. The molecule has 0 aliphatic heterocycles. The van der Waals surface area contributed by atoms with Gasteiger partial charge in [-0.1, -0.05) is 24.6 Å². The fourth-order valence-corrected chi connectivity index (χ4v) is 2.94. The van der Waals surface area contributed by atoms with Crippen molar-refractivity contribution in [2.75, 3.05) is 12.4 Å². The highest BCUT2D eigenvalue weighted by molar-refractivity contribution is 6.32. The molecule has 0 bridgehead atoms. The second-order valence-electron chi connectivity index (χ2n) is 6.30. The van der Waals surface area contributed by atoms with Gasteiger partial charge in [0.05, 0.1) is 15.9 Å². The molecule has 0 fully saturated rings. The summed E-state index contributed by atoms with van der Waals surface area (Å²) in [5.41, 5.74) is 1.24. The van der Waals surface area contributed by atoms with Crippen molar-refractivity contribution in [2.24, 2.45) is 0 Å². The lowest BCUT2D eigenvalue weighted by atomic mass is 10.1. The topological polar surface area (TPSA) is 117 Å². The highest BCUT2D eigenvalue weighted by Gasteiger charge is 2.26. The average Bonchev–Trinajstić information content (AvgIpc) is 2.73. The summed E-state index contributed by atoms with van der Waals surface area (Å²) < 4.78 is 5.89. The van der Waals surface area contributed by atoms with E-state index in [1.54, 1.807) is 36.5 Å². The summed E-state index contributed by atoms with van der Waals surface area (Å²) >= 11 is 5.92. The van der Waals surface area contributed by atoms with Gasteiger partial charge in [0.25, 0.3) is 5.91 Å². The van der Waals surface area contributed by atoms with E-state index in [0.717, 1.165) is 0 Å². The monoisotopic (exact) mass is 416 g/mol. The second-order valence-corrected chi connectivity index (χ2v) is 6.70. The number of carbonyl (C=O) groups excluding carboxylic acids is 1. The van der Waals surface area contributed by atoms with Crippen LogP contribution in [0.3, 0.4) is 0 Å². The zero-order valence-electron chi connectivity index (χ0n) is 15.9. The van der Waals surface area contributed by atoms with Gasteiger partial charge in [-0.25, -0.2) is 9.97 Å². The molecular weight excluding hydrogens is 396 g/mol. The van der Waals surface area contributed by atoms with Gasteiger partial charge in [0.1, 0.15) is 17.6 Å². The molecule has 8 nitrogen and oxygen atoms in total. The first kappa shape index (κ1) is 20.6. The van der Waals surface area contributed by atoms with Crippen LogP contribution in [-0.4, -0.2) is 45.3 Å². The summed E-state index contributed by atoms with van der Waals surface area (Å²) in [7, 11) is 1.46. The summed E-state index contributed by atoms with van der Waals surface area (Å²) in [5, 5.41) is 26.0. The third-order valence-electron chi connectivity index (χ3n) is 4.34. The average molecular weight is 417 g/mol. The molecule has 2 aromatic carbocycles. The highest BCUT2D eigenvalue weighted by atomic mass is 35.5. The second kappa shape index (κ2) is 8.93. The molecule has 152 valence electrons. The number of halogens is 1. The summed E-state index contributed by atoms with van der Waals surface area (Å²) in [6, 6.07) is 9.99. The number of fused-ring (bicyclic) bond motifs is 1. The van der Waals surface area contributed by atoms with E-state index in [2.05, 4.69) is 20.6 Å². The molecule has 0 spiro atoms. The molecule has 0 radical (unpaired) electrons. The lowest BCUT2D eigenvalue weighted by molar-refractivity contribution is -0.133. The van der Waals surface area contributed by atoms with E-state index in [4.69, 9.17) is 16.3 Å². The molecule has 3 rings (SSSR count). The quantitative estimate of drug-likeness (QED) is 0.437. The van der Waals surface area contributed by atoms with E-state index in [-0.39, 0.29) is 10.8 Å². The van der Waals surface area contributed by atoms with Crippen molar-refractivity contribution in [2.45, 2.75) is 25.6 Å². The number of aromatic hydroxyl groups is 1. The fraction of sp³-hybridized carbons (Fsp3) is 0.250. The molecule has 0 saturated carbocycles. The van der Waals surface area contributed by atoms with Crippen LogP contribution in [0.15, 0.2) is 42.6 Å². The predicted molar refractivity (Wildman–Crippen MR) is 111 cm³/mol. The number of nitrogens with zero attached hydrogens (tertiary/aromatic N) is 2. The van der Waals surface area contributed by atoms with Crippen LogP contribution in [0.1, 0.15) is 13.3 Å². The molecule has 0 aliphatic carbocycles. The molecule has 1 aromatic heterocycles. The number of nitrogens with one attached hydrogen (secondary N) is 2. The number of anilines is 2. The first-order valence-corrected chi connectivity index (χ1v) is 9.38. The summed E-state index contributed by atoms with van der Waals surface area (Å²) in [6.07, 6.45) is 0.0347. The molecule has 1 heterocycles. The smallest absolute Gasteiger partial charge is 0.252 e. The highest BCUT2D eigenvalue weighted by Crippen LogP contribution is 2.29. The van der Waals surface area contributed by atoms with Gasteiger partial charge < -0.3 is 25.6 Å². The maximum Gasteiger partial charge on any atom is 0.252 e. The zero-order chi connectivity index (χ0) is 21.0. The van der Waals surface area contributed by atoms with Crippen LogP contribution in [0.25, 0.3) is 10.9 Å². The molecule has 0 saturated heterocycles. The minimum Gasteiger partial charge on any atom is -0.506 e. The van der Waals surface area contributed by atoms with Crippen molar-refractivity contribution in [1.29, 1.82) is 0 Å². The SMILES string of the molecule is CC[C@@H](Oc1cccc2nc(Nc3ccc(O)c(Cl)c3)ncc12)[C@@H](O)C(=O)NC. The Labute approximate surface area is 172 Å². The van der Waals surface area contributed by atoms with E-state index in [0.29, 0.717) is 34.7 Å². The fourth-order valence-electron chi connectivity index (χ4n) is 2.76. The number of carbonyl (C=O) groups is 1. The third-order valence-corrected chi connectivity index (χ3v) is 4.64.